The minimum Gasteiger partial charge on any atom is -0.373 e. The summed E-state index contributed by atoms with van der Waals surface area (Å²) in [5.74, 6) is -0.227. The number of rotatable bonds is 5. The van der Waals surface area contributed by atoms with E-state index in [1.165, 1.54) is 0 Å². The molecule has 0 unspecified atom stereocenters. The summed E-state index contributed by atoms with van der Waals surface area (Å²) < 4.78 is 5.70. The third-order valence-electron chi connectivity index (χ3n) is 4.34. The number of carbonyl (C=O) groups excluding carboxylic acids is 2. The zero-order valence-electron chi connectivity index (χ0n) is 15.1. The first kappa shape index (κ1) is 18.3. The zero-order chi connectivity index (χ0) is 18.5. The van der Waals surface area contributed by atoms with Gasteiger partial charge in [0, 0.05) is 24.2 Å². The van der Waals surface area contributed by atoms with Crippen LogP contribution in [0, 0.1) is 0 Å². The van der Waals surface area contributed by atoms with Crippen LogP contribution in [0.5, 0.6) is 0 Å². The molecule has 0 bridgehead atoms. The van der Waals surface area contributed by atoms with Crippen molar-refractivity contribution in [3.8, 4) is 0 Å². The predicted molar refractivity (Wildman–Crippen MR) is 101 cm³/mol. The number of amides is 1. The number of benzene rings is 2. The summed E-state index contributed by atoms with van der Waals surface area (Å²) in [6.07, 6.45) is 0.219. The molecule has 1 heterocycles. The van der Waals surface area contributed by atoms with Crippen molar-refractivity contribution in [1.82, 2.24) is 4.90 Å². The number of nitrogens with one attached hydrogen (secondary N) is 1. The maximum atomic E-state index is 12.7. The highest BCUT2D eigenvalue weighted by Gasteiger charge is 2.24. The van der Waals surface area contributed by atoms with Gasteiger partial charge in [-0.2, -0.15) is 0 Å². The van der Waals surface area contributed by atoms with Gasteiger partial charge < -0.3 is 10.1 Å². The van der Waals surface area contributed by atoms with E-state index in [1.807, 2.05) is 38.1 Å². The van der Waals surface area contributed by atoms with E-state index in [0.29, 0.717) is 16.8 Å². The highest BCUT2D eigenvalue weighted by molar-refractivity contribution is 6.13. The smallest absolute Gasteiger partial charge is 0.238 e. The largest absolute Gasteiger partial charge is 0.373 e. The first-order valence-corrected chi connectivity index (χ1v) is 8.89. The number of carbonyl (C=O) groups is 2. The Morgan fingerprint density at radius 3 is 2.31 bits per heavy atom. The molecule has 26 heavy (non-hydrogen) atoms. The lowest BCUT2D eigenvalue weighted by atomic mass is 10.0. The van der Waals surface area contributed by atoms with Crippen molar-refractivity contribution < 1.29 is 14.3 Å². The topological polar surface area (TPSA) is 58.6 Å². The first-order chi connectivity index (χ1) is 12.5. The summed E-state index contributed by atoms with van der Waals surface area (Å²) in [7, 11) is 0. The molecule has 0 spiro atoms. The molecule has 2 aromatic rings. The Morgan fingerprint density at radius 1 is 1.00 bits per heavy atom. The van der Waals surface area contributed by atoms with Gasteiger partial charge in [-0.15, -0.1) is 0 Å². The minimum atomic E-state index is -0.125. The van der Waals surface area contributed by atoms with Crippen LogP contribution in [0.15, 0.2) is 54.6 Å². The van der Waals surface area contributed by atoms with Gasteiger partial charge in [0.25, 0.3) is 0 Å². The monoisotopic (exact) mass is 352 g/mol. The Bertz CT molecular complexity index is 766. The quantitative estimate of drug-likeness (QED) is 0.841. The van der Waals surface area contributed by atoms with Crippen molar-refractivity contribution in [3.63, 3.8) is 0 Å². The number of nitrogens with zero attached hydrogens (tertiary/aromatic N) is 1. The zero-order valence-corrected chi connectivity index (χ0v) is 15.1. The van der Waals surface area contributed by atoms with Gasteiger partial charge in [-0.3, -0.25) is 14.5 Å². The van der Waals surface area contributed by atoms with Crippen LogP contribution in [0.4, 0.5) is 5.69 Å². The SMILES string of the molecule is C[C@@H]1CN(CC(=O)Nc2ccccc2C(=O)c2ccccc2)C[C@H](C)O1. The Morgan fingerprint density at radius 2 is 1.62 bits per heavy atom. The van der Waals surface area contributed by atoms with Crippen LogP contribution in [0.1, 0.15) is 29.8 Å². The highest BCUT2D eigenvalue weighted by Crippen LogP contribution is 2.19. The molecule has 2 atom stereocenters. The van der Waals surface area contributed by atoms with Gasteiger partial charge in [0.2, 0.25) is 5.91 Å². The summed E-state index contributed by atoms with van der Waals surface area (Å²) in [6, 6.07) is 16.2. The molecular formula is C21H24N2O3. The van der Waals surface area contributed by atoms with E-state index >= 15 is 0 Å². The molecule has 1 aliphatic rings. The van der Waals surface area contributed by atoms with E-state index < -0.39 is 0 Å². The third kappa shape index (κ3) is 4.56. The molecule has 1 N–H and O–H groups in total. The molecule has 1 saturated heterocycles. The van der Waals surface area contributed by atoms with Gasteiger partial charge in [0.1, 0.15) is 0 Å². The molecule has 136 valence electrons. The molecule has 0 aromatic heterocycles. The van der Waals surface area contributed by atoms with Gasteiger partial charge in [-0.25, -0.2) is 0 Å². The van der Waals surface area contributed by atoms with E-state index in [4.69, 9.17) is 4.74 Å². The van der Waals surface area contributed by atoms with Gasteiger partial charge in [0.15, 0.2) is 5.78 Å². The van der Waals surface area contributed by atoms with Crippen molar-refractivity contribution in [2.24, 2.45) is 0 Å². The molecule has 2 aromatic carbocycles. The van der Waals surface area contributed by atoms with E-state index in [1.54, 1.807) is 30.3 Å². The Kier molecular flexibility index (Phi) is 5.81. The molecular weight excluding hydrogens is 328 g/mol. The second-order valence-electron chi connectivity index (χ2n) is 6.74. The second-order valence-corrected chi connectivity index (χ2v) is 6.74. The number of ketones is 1. The van der Waals surface area contributed by atoms with Gasteiger partial charge in [-0.05, 0) is 26.0 Å². The fourth-order valence-electron chi connectivity index (χ4n) is 3.34. The maximum absolute atomic E-state index is 12.7. The summed E-state index contributed by atoms with van der Waals surface area (Å²) in [5.41, 5.74) is 1.64. The summed E-state index contributed by atoms with van der Waals surface area (Å²) in [4.78, 5) is 27.3. The number of hydrogen-bond donors (Lipinski definition) is 1. The highest BCUT2D eigenvalue weighted by atomic mass is 16.5. The number of anilines is 1. The summed E-state index contributed by atoms with van der Waals surface area (Å²) >= 11 is 0. The molecule has 1 fully saturated rings. The standard InChI is InChI=1S/C21H24N2O3/c1-15-12-23(13-16(2)26-15)14-20(24)22-19-11-7-6-10-18(19)21(25)17-8-4-3-5-9-17/h3-11,15-16H,12-14H2,1-2H3,(H,22,24)/t15-,16+. The molecule has 1 amide bonds. The average Bonchev–Trinajstić information content (AvgIpc) is 2.61. The normalized spacial score (nSPS) is 20.5. The summed E-state index contributed by atoms with van der Waals surface area (Å²) in [6.45, 7) is 5.75. The van der Waals surface area contributed by atoms with Crippen LogP contribution in [0.2, 0.25) is 0 Å². The number of para-hydroxylation sites is 1. The molecule has 1 aliphatic heterocycles. The molecule has 3 rings (SSSR count). The van der Waals surface area contributed by atoms with Crippen molar-refractivity contribution in [2.75, 3.05) is 25.0 Å². The van der Waals surface area contributed by atoms with E-state index in [-0.39, 0.29) is 30.4 Å². The predicted octanol–water partition coefficient (Wildman–Crippen LogP) is 2.97. The van der Waals surface area contributed by atoms with Gasteiger partial charge in [-0.1, -0.05) is 42.5 Å². The Balaban J connectivity index is 1.70. The lowest BCUT2D eigenvalue weighted by molar-refractivity contribution is -0.121. The third-order valence-corrected chi connectivity index (χ3v) is 4.34. The fourth-order valence-corrected chi connectivity index (χ4v) is 3.34. The van der Waals surface area contributed by atoms with Crippen LogP contribution in [-0.4, -0.2) is 48.4 Å². The number of ether oxygens (including phenoxy) is 1. The lowest BCUT2D eigenvalue weighted by Gasteiger charge is -2.34. The van der Waals surface area contributed by atoms with Crippen molar-refractivity contribution in [2.45, 2.75) is 26.1 Å². The number of hydrogen-bond acceptors (Lipinski definition) is 4. The van der Waals surface area contributed by atoms with Crippen LogP contribution in [-0.2, 0) is 9.53 Å². The van der Waals surface area contributed by atoms with E-state index in [0.717, 1.165) is 13.1 Å². The first-order valence-electron chi connectivity index (χ1n) is 8.89. The van der Waals surface area contributed by atoms with E-state index in [2.05, 4.69) is 10.2 Å². The van der Waals surface area contributed by atoms with Crippen LogP contribution in [0.25, 0.3) is 0 Å². The van der Waals surface area contributed by atoms with Gasteiger partial charge >= 0.3 is 0 Å². The van der Waals surface area contributed by atoms with Crippen molar-refractivity contribution in [1.29, 1.82) is 0 Å². The van der Waals surface area contributed by atoms with Crippen LogP contribution < -0.4 is 5.32 Å². The summed E-state index contributed by atoms with van der Waals surface area (Å²) in [5, 5.41) is 2.90. The molecule has 5 heteroatoms. The minimum absolute atomic E-state index is 0.102. The van der Waals surface area contributed by atoms with Crippen LogP contribution in [0.3, 0.4) is 0 Å². The molecule has 0 saturated carbocycles. The van der Waals surface area contributed by atoms with Crippen molar-refractivity contribution >= 4 is 17.4 Å². The van der Waals surface area contributed by atoms with Gasteiger partial charge in [0.05, 0.1) is 24.4 Å². The average molecular weight is 352 g/mol. The van der Waals surface area contributed by atoms with Crippen molar-refractivity contribution in [3.05, 3.63) is 65.7 Å². The fraction of sp³-hybridized carbons (Fsp3) is 0.333. The van der Waals surface area contributed by atoms with E-state index in [9.17, 15) is 9.59 Å². The lowest BCUT2D eigenvalue weighted by Crippen LogP contribution is -2.48. The molecule has 5 nitrogen and oxygen atoms in total. The second kappa shape index (κ2) is 8.25. The number of morpholine rings is 1. The van der Waals surface area contributed by atoms with Crippen LogP contribution >= 0.6 is 0 Å². The maximum Gasteiger partial charge on any atom is 0.238 e. The molecule has 0 aliphatic carbocycles. The molecule has 0 radical (unpaired) electrons. The Hall–Kier alpha value is -2.50. The Labute approximate surface area is 154 Å².